The first kappa shape index (κ1) is 20.0. The molecule has 0 bridgehead atoms. The number of benzene rings is 1. The van der Waals surface area contributed by atoms with Gasteiger partial charge < -0.3 is 19.5 Å². The number of amides is 3. The molecule has 0 radical (unpaired) electrons. The van der Waals surface area contributed by atoms with E-state index in [-0.39, 0.29) is 23.0 Å². The van der Waals surface area contributed by atoms with Gasteiger partial charge in [-0.25, -0.2) is 0 Å². The van der Waals surface area contributed by atoms with E-state index < -0.39 is 0 Å². The van der Waals surface area contributed by atoms with E-state index in [0.717, 1.165) is 10.6 Å². The molecule has 28 heavy (non-hydrogen) atoms. The third-order valence-corrected chi connectivity index (χ3v) is 5.55. The van der Waals surface area contributed by atoms with Crippen LogP contribution in [0.4, 0.5) is 5.69 Å². The van der Waals surface area contributed by atoms with Crippen molar-refractivity contribution in [2.45, 2.75) is 24.0 Å². The molecule has 8 heteroatoms. The number of hydrogen-bond donors (Lipinski definition) is 1. The number of thioether (sulfide) groups is 1. The van der Waals surface area contributed by atoms with Crippen molar-refractivity contribution in [3.05, 3.63) is 48.4 Å². The lowest BCUT2D eigenvalue weighted by molar-refractivity contribution is -0.131. The van der Waals surface area contributed by atoms with E-state index in [9.17, 15) is 14.4 Å². The molecule has 2 heterocycles. The molecule has 3 rings (SSSR count). The number of furan rings is 1. The summed E-state index contributed by atoms with van der Waals surface area (Å²) in [5.74, 6) is 0.125. The second-order valence-corrected chi connectivity index (χ2v) is 7.97. The maximum atomic E-state index is 12.7. The standard InChI is InChI=1S/C20H23N3O4S/c1-14(28-17-7-5-16(6-8-17)21-15(2)24)19(25)22-9-11-23(12-10-22)20(26)18-4-3-13-27-18/h3-8,13-14H,9-12H2,1-2H3,(H,21,24). The largest absolute Gasteiger partial charge is 0.459 e. The van der Waals surface area contributed by atoms with Crippen molar-refractivity contribution in [2.75, 3.05) is 31.5 Å². The molecule has 0 aliphatic carbocycles. The minimum Gasteiger partial charge on any atom is -0.459 e. The van der Waals surface area contributed by atoms with Crippen LogP contribution >= 0.6 is 11.8 Å². The molecule has 148 valence electrons. The van der Waals surface area contributed by atoms with Gasteiger partial charge in [0.25, 0.3) is 5.91 Å². The molecule has 1 fully saturated rings. The van der Waals surface area contributed by atoms with E-state index in [1.807, 2.05) is 31.2 Å². The molecule has 1 aromatic carbocycles. The summed E-state index contributed by atoms with van der Waals surface area (Å²) in [6, 6.07) is 10.8. The Morgan fingerprint density at radius 2 is 1.68 bits per heavy atom. The van der Waals surface area contributed by atoms with E-state index >= 15 is 0 Å². The molecule has 1 unspecified atom stereocenters. The van der Waals surface area contributed by atoms with Crippen molar-refractivity contribution in [1.29, 1.82) is 0 Å². The lowest BCUT2D eigenvalue weighted by atomic mass is 10.2. The second kappa shape index (κ2) is 8.97. The van der Waals surface area contributed by atoms with E-state index in [4.69, 9.17) is 4.42 Å². The van der Waals surface area contributed by atoms with Crippen LogP contribution in [-0.4, -0.2) is 59.0 Å². The molecule has 2 aromatic rings. The molecular weight excluding hydrogens is 378 g/mol. The van der Waals surface area contributed by atoms with Crippen molar-refractivity contribution >= 4 is 35.2 Å². The normalized spacial score (nSPS) is 15.2. The lowest BCUT2D eigenvalue weighted by Crippen LogP contribution is -2.52. The Hall–Kier alpha value is -2.74. The summed E-state index contributed by atoms with van der Waals surface area (Å²) in [6.07, 6.45) is 1.48. The van der Waals surface area contributed by atoms with Crippen LogP contribution in [0.15, 0.2) is 52.0 Å². The summed E-state index contributed by atoms with van der Waals surface area (Å²) < 4.78 is 5.16. The number of carbonyl (C=O) groups is 3. The minimum atomic E-state index is -0.237. The van der Waals surface area contributed by atoms with Crippen LogP contribution < -0.4 is 5.32 Å². The molecule has 1 N–H and O–H groups in total. The average Bonchev–Trinajstić information content (AvgIpc) is 3.23. The molecule has 1 atom stereocenters. The number of hydrogen-bond acceptors (Lipinski definition) is 5. The lowest BCUT2D eigenvalue weighted by Gasteiger charge is -2.35. The smallest absolute Gasteiger partial charge is 0.289 e. The first-order chi connectivity index (χ1) is 13.4. The van der Waals surface area contributed by atoms with Crippen LogP contribution in [0.3, 0.4) is 0 Å². The van der Waals surface area contributed by atoms with Gasteiger partial charge >= 0.3 is 0 Å². The summed E-state index contributed by atoms with van der Waals surface area (Å²) in [5, 5.41) is 2.48. The molecule has 3 amide bonds. The highest BCUT2D eigenvalue weighted by Gasteiger charge is 2.28. The first-order valence-electron chi connectivity index (χ1n) is 9.10. The number of rotatable bonds is 5. The van der Waals surface area contributed by atoms with Gasteiger partial charge in [0.15, 0.2) is 5.76 Å². The van der Waals surface area contributed by atoms with Gasteiger partial charge in [-0.05, 0) is 43.3 Å². The van der Waals surface area contributed by atoms with Gasteiger partial charge in [-0.3, -0.25) is 14.4 Å². The highest BCUT2D eigenvalue weighted by molar-refractivity contribution is 8.00. The molecule has 7 nitrogen and oxygen atoms in total. The quantitative estimate of drug-likeness (QED) is 0.779. The Kier molecular flexibility index (Phi) is 6.41. The van der Waals surface area contributed by atoms with Crippen LogP contribution in [0.2, 0.25) is 0 Å². The van der Waals surface area contributed by atoms with Crippen LogP contribution in [0, 0.1) is 0 Å². The predicted octanol–water partition coefficient (Wildman–Crippen LogP) is 2.70. The fourth-order valence-electron chi connectivity index (χ4n) is 3.02. The van der Waals surface area contributed by atoms with E-state index in [1.54, 1.807) is 21.9 Å². The highest BCUT2D eigenvalue weighted by Crippen LogP contribution is 2.26. The Labute approximate surface area is 168 Å². The van der Waals surface area contributed by atoms with Crippen molar-refractivity contribution in [1.82, 2.24) is 9.80 Å². The number of anilines is 1. The zero-order chi connectivity index (χ0) is 20.1. The number of nitrogens with zero attached hydrogens (tertiary/aromatic N) is 2. The Morgan fingerprint density at radius 1 is 1.04 bits per heavy atom. The monoisotopic (exact) mass is 401 g/mol. The van der Waals surface area contributed by atoms with Crippen LogP contribution in [-0.2, 0) is 9.59 Å². The van der Waals surface area contributed by atoms with Gasteiger partial charge in [-0.15, -0.1) is 11.8 Å². The SMILES string of the molecule is CC(=O)Nc1ccc(SC(C)C(=O)N2CCN(C(=O)c3ccco3)CC2)cc1. The Bertz CT molecular complexity index is 828. The highest BCUT2D eigenvalue weighted by atomic mass is 32.2. The van der Waals surface area contributed by atoms with Gasteiger partial charge in [0.1, 0.15) is 0 Å². The zero-order valence-electron chi connectivity index (χ0n) is 15.9. The maximum Gasteiger partial charge on any atom is 0.289 e. The van der Waals surface area contributed by atoms with Gasteiger partial charge in [-0.1, -0.05) is 0 Å². The van der Waals surface area contributed by atoms with Gasteiger partial charge in [0.05, 0.1) is 11.5 Å². The summed E-state index contributed by atoms with van der Waals surface area (Å²) >= 11 is 1.48. The topological polar surface area (TPSA) is 82.9 Å². The average molecular weight is 401 g/mol. The predicted molar refractivity (Wildman–Crippen MR) is 107 cm³/mol. The molecule has 0 spiro atoms. The first-order valence-corrected chi connectivity index (χ1v) is 9.98. The zero-order valence-corrected chi connectivity index (χ0v) is 16.7. The molecule has 1 saturated heterocycles. The van der Waals surface area contributed by atoms with Gasteiger partial charge in [0.2, 0.25) is 11.8 Å². The van der Waals surface area contributed by atoms with E-state index in [1.165, 1.54) is 24.9 Å². The molecule has 1 aliphatic heterocycles. The van der Waals surface area contributed by atoms with Gasteiger partial charge in [-0.2, -0.15) is 0 Å². The van der Waals surface area contributed by atoms with E-state index in [0.29, 0.717) is 31.9 Å². The fourth-order valence-corrected chi connectivity index (χ4v) is 3.97. The minimum absolute atomic E-state index is 0.0565. The molecular formula is C20H23N3O4S. The van der Waals surface area contributed by atoms with Crippen molar-refractivity contribution in [3.63, 3.8) is 0 Å². The summed E-state index contributed by atoms with van der Waals surface area (Å²) in [5.41, 5.74) is 0.730. The molecule has 1 aromatic heterocycles. The Morgan fingerprint density at radius 3 is 2.25 bits per heavy atom. The van der Waals surface area contributed by atoms with Crippen molar-refractivity contribution in [2.24, 2.45) is 0 Å². The third kappa shape index (κ3) is 4.95. The number of carbonyl (C=O) groups excluding carboxylic acids is 3. The van der Waals surface area contributed by atoms with Crippen LogP contribution in [0.1, 0.15) is 24.4 Å². The molecule has 0 saturated carbocycles. The fraction of sp³-hybridized carbons (Fsp3) is 0.350. The molecule has 1 aliphatic rings. The van der Waals surface area contributed by atoms with Crippen LogP contribution in [0.25, 0.3) is 0 Å². The Balaban J connectivity index is 1.50. The van der Waals surface area contributed by atoms with Gasteiger partial charge in [0, 0.05) is 43.7 Å². The van der Waals surface area contributed by atoms with Crippen molar-refractivity contribution in [3.8, 4) is 0 Å². The summed E-state index contributed by atoms with van der Waals surface area (Å²) in [4.78, 5) is 40.6. The van der Waals surface area contributed by atoms with Crippen LogP contribution in [0.5, 0.6) is 0 Å². The third-order valence-electron chi connectivity index (χ3n) is 4.45. The number of nitrogens with one attached hydrogen (secondary N) is 1. The summed E-state index contributed by atoms with van der Waals surface area (Å²) in [6.45, 7) is 5.36. The maximum absolute atomic E-state index is 12.7. The number of piperazine rings is 1. The van der Waals surface area contributed by atoms with Crippen molar-refractivity contribution < 1.29 is 18.8 Å². The second-order valence-electron chi connectivity index (χ2n) is 6.56. The van der Waals surface area contributed by atoms with E-state index in [2.05, 4.69) is 5.32 Å². The summed E-state index contributed by atoms with van der Waals surface area (Å²) in [7, 11) is 0.